The molecule has 3 rings (SSSR count). The fourth-order valence-corrected chi connectivity index (χ4v) is 3.23. The van der Waals surface area contributed by atoms with Gasteiger partial charge in [0.1, 0.15) is 18.1 Å². The van der Waals surface area contributed by atoms with E-state index in [2.05, 4.69) is 25.5 Å². The molecule has 0 amide bonds. The molecule has 30 heavy (non-hydrogen) atoms. The van der Waals surface area contributed by atoms with Crippen LogP contribution < -0.4 is 4.74 Å². The molecule has 1 N–H and O–H groups in total. The molecule has 0 bridgehead atoms. The molecule has 1 aromatic carbocycles. The van der Waals surface area contributed by atoms with Gasteiger partial charge in [-0.2, -0.15) is 13.2 Å². The van der Waals surface area contributed by atoms with E-state index >= 15 is 0 Å². The number of hydrogen-bond acceptors (Lipinski definition) is 7. The highest BCUT2D eigenvalue weighted by molar-refractivity contribution is 6.31. The topological polar surface area (TPSA) is 98.8 Å². The fourth-order valence-electron chi connectivity index (χ4n) is 2.89. The van der Waals surface area contributed by atoms with Gasteiger partial charge in [-0.05, 0) is 35.0 Å². The van der Waals surface area contributed by atoms with Crippen molar-refractivity contribution in [1.82, 2.24) is 30.2 Å². The minimum Gasteiger partial charge on any atom is -0.485 e. The lowest BCUT2D eigenvalue weighted by Crippen LogP contribution is -2.47. The third kappa shape index (κ3) is 4.08. The van der Waals surface area contributed by atoms with Gasteiger partial charge in [-0.3, -0.25) is 9.97 Å². The van der Waals surface area contributed by atoms with E-state index in [4.69, 9.17) is 16.3 Å². The Morgan fingerprint density at radius 2 is 1.97 bits per heavy atom. The van der Waals surface area contributed by atoms with Gasteiger partial charge in [0.2, 0.25) is 5.60 Å². The number of ether oxygens (including phenoxy) is 1. The summed E-state index contributed by atoms with van der Waals surface area (Å²) in [5.41, 5.74) is -3.40. The van der Waals surface area contributed by atoms with Crippen LogP contribution in [-0.4, -0.2) is 41.5 Å². The van der Waals surface area contributed by atoms with Gasteiger partial charge >= 0.3 is 6.18 Å². The number of tetrazole rings is 1. The Hall–Kier alpha value is -2.79. The molecular weight excluding hydrogens is 425 g/mol. The molecule has 0 saturated carbocycles. The second-order valence-electron chi connectivity index (χ2n) is 6.72. The van der Waals surface area contributed by atoms with Crippen molar-refractivity contribution in [3.05, 3.63) is 58.4 Å². The number of alkyl halides is 3. The Morgan fingerprint density at radius 1 is 1.23 bits per heavy atom. The van der Waals surface area contributed by atoms with Gasteiger partial charge in [0, 0.05) is 24.2 Å². The number of aryl methyl sites for hydroxylation is 2. The SMILES string of the molecule is Cc1cnc(C(O)(C(C)c2ccc(OCc3nnnn3C)cc2Cl)C(F)(F)F)cn1. The first-order valence-electron chi connectivity index (χ1n) is 8.75. The van der Waals surface area contributed by atoms with Gasteiger partial charge in [0.15, 0.2) is 5.82 Å². The van der Waals surface area contributed by atoms with Crippen LogP contribution in [-0.2, 0) is 19.3 Å². The molecule has 0 fully saturated rings. The maximum absolute atomic E-state index is 13.9. The smallest absolute Gasteiger partial charge is 0.423 e. The maximum atomic E-state index is 13.9. The molecule has 0 saturated heterocycles. The maximum Gasteiger partial charge on any atom is 0.423 e. The van der Waals surface area contributed by atoms with Crippen LogP contribution in [0.15, 0.2) is 30.6 Å². The molecule has 12 heteroatoms. The number of benzene rings is 1. The molecule has 0 spiro atoms. The number of nitrogens with zero attached hydrogens (tertiary/aromatic N) is 6. The Morgan fingerprint density at radius 3 is 2.50 bits per heavy atom. The Labute approximate surface area is 174 Å². The molecule has 0 aliphatic carbocycles. The van der Waals surface area contributed by atoms with Crippen LogP contribution in [0.3, 0.4) is 0 Å². The Kier molecular flexibility index (Phi) is 5.95. The van der Waals surface area contributed by atoms with Gasteiger partial charge in [-0.15, -0.1) is 5.10 Å². The first kappa shape index (κ1) is 21.9. The van der Waals surface area contributed by atoms with Crippen LogP contribution in [0, 0.1) is 6.92 Å². The van der Waals surface area contributed by atoms with Crippen LogP contribution in [0.1, 0.15) is 35.6 Å². The molecule has 2 aromatic heterocycles. The van der Waals surface area contributed by atoms with Crippen molar-refractivity contribution >= 4 is 11.6 Å². The summed E-state index contributed by atoms with van der Waals surface area (Å²) in [4.78, 5) is 7.59. The largest absolute Gasteiger partial charge is 0.485 e. The number of aromatic nitrogens is 6. The van der Waals surface area contributed by atoms with E-state index in [1.54, 1.807) is 14.0 Å². The summed E-state index contributed by atoms with van der Waals surface area (Å²) in [6.45, 7) is 2.85. The zero-order chi connectivity index (χ0) is 22.1. The number of rotatable bonds is 6. The molecule has 0 aliphatic heterocycles. The summed E-state index contributed by atoms with van der Waals surface area (Å²) in [5, 5.41) is 21.7. The van der Waals surface area contributed by atoms with Crippen molar-refractivity contribution < 1.29 is 23.0 Å². The lowest BCUT2D eigenvalue weighted by molar-refractivity contribution is -0.276. The highest BCUT2D eigenvalue weighted by Gasteiger charge is 2.60. The second-order valence-corrected chi connectivity index (χ2v) is 7.13. The van der Waals surface area contributed by atoms with E-state index in [0.29, 0.717) is 17.3 Å². The van der Waals surface area contributed by atoms with Crippen molar-refractivity contribution in [3.8, 4) is 5.75 Å². The monoisotopic (exact) mass is 442 g/mol. The molecule has 2 heterocycles. The zero-order valence-electron chi connectivity index (χ0n) is 16.2. The molecule has 2 atom stereocenters. The highest BCUT2D eigenvalue weighted by Crippen LogP contribution is 2.49. The predicted molar refractivity (Wildman–Crippen MR) is 99.7 cm³/mol. The van der Waals surface area contributed by atoms with E-state index in [1.807, 2.05) is 0 Å². The van der Waals surface area contributed by atoms with Crippen molar-refractivity contribution in [2.24, 2.45) is 7.05 Å². The van der Waals surface area contributed by atoms with Gasteiger partial charge in [-0.25, -0.2) is 4.68 Å². The van der Waals surface area contributed by atoms with Crippen molar-refractivity contribution in [3.63, 3.8) is 0 Å². The summed E-state index contributed by atoms with van der Waals surface area (Å²) in [6.07, 6.45) is -2.94. The minimum absolute atomic E-state index is 0.00108. The number of aliphatic hydroxyl groups is 1. The Balaban J connectivity index is 1.90. The first-order valence-corrected chi connectivity index (χ1v) is 9.13. The van der Waals surface area contributed by atoms with Crippen LogP contribution in [0.25, 0.3) is 0 Å². The van der Waals surface area contributed by atoms with E-state index < -0.39 is 23.4 Å². The number of halogens is 4. The van der Waals surface area contributed by atoms with E-state index in [0.717, 1.165) is 6.20 Å². The second kappa shape index (κ2) is 8.15. The zero-order valence-corrected chi connectivity index (χ0v) is 17.0. The molecule has 8 nitrogen and oxygen atoms in total. The summed E-state index contributed by atoms with van der Waals surface area (Å²) in [5.74, 6) is -0.711. The third-order valence-electron chi connectivity index (χ3n) is 4.74. The van der Waals surface area contributed by atoms with Gasteiger partial charge in [0.05, 0.1) is 11.9 Å². The highest BCUT2D eigenvalue weighted by atomic mass is 35.5. The predicted octanol–water partition coefficient (Wildman–Crippen LogP) is 3.09. The van der Waals surface area contributed by atoms with E-state index in [9.17, 15) is 18.3 Å². The lowest BCUT2D eigenvalue weighted by atomic mass is 9.80. The van der Waals surface area contributed by atoms with Gasteiger partial charge in [0.25, 0.3) is 0 Å². The minimum atomic E-state index is -5.02. The van der Waals surface area contributed by atoms with Crippen molar-refractivity contribution in [1.29, 1.82) is 0 Å². The average Bonchev–Trinajstić information content (AvgIpc) is 3.10. The average molecular weight is 443 g/mol. The summed E-state index contributed by atoms with van der Waals surface area (Å²) >= 11 is 6.24. The van der Waals surface area contributed by atoms with E-state index in [1.165, 1.54) is 36.0 Å². The fraction of sp³-hybridized carbons (Fsp3) is 0.389. The summed E-state index contributed by atoms with van der Waals surface area (Å²) in [6, 6.07) is 4.20. The van der Waals surface area contributed by atoms with Gasteiger partial charge < -0.3 is 9.84 Å². The normalized spacial score (nSPS) is 14.9. The van der Waals surface area contributed by atoms with Crippen LogP contribution >= 0.6 is 11.6 Å². The molecule has 0 aliphatic rings. The van der Waals surface area contributed by atoms with Crippen molar-refractivity contribution in [2.45, 2.75) is 38.1 Å². The van der Waals surface area contributed by atoms with Crippen LogP contribution in [0.2, 0.25) is 5.02 Å². The molecule has 0 radical (unpaired) electrons. The van der Waals surface area contributed by atoms with E-state index in [-0.39, 0.29) is 17.2 Å². The summed E-state index contributed by atoms with van der Waals surface area (Å²) in [7, 11) is 1.64. The molecule has 3 aromatic rings. The summed E-state index contributed by atoms with van der Waals surface area (Å²) < 4.78 is 48.8. The third-order valence-corrected chi connectivity index (χ3v) is 5.07. The van der Waals surface area contributed by atoms with Crippen LogP contribution in [0.5, 0.6) is 5.75 Å². The molecular formula is C18H18ClF3N6O2. The lowest BCUT2D eigenvalue weighted by Gasteiger charge is -2.35. The number of hydrogen-bond donors (Lipinski definition) is 1. The molecule has 160 valence electrons. The Bertz CT molecular complexity index is 1030. The molecule has 2 unspecified atom stereocenters. The standard InChI is InChI=1S/C18H18ClF3N6O2/c1-10-7-24-15(8-23-10)17(29,18(20,21)22)11(2)13-5-4-12(6-14(13)19)30-9-16-25-26-27-28(16)3/h4-8,11,29H,9H2,1-3H3. The van der Waals surface area contributed by atoms with Crippen molar-refractivity contribution in [2.75, 3.05) is 0 Å². The first-order chi connectivity index (χ1) is 14.0. The van der Waals surface area contributed by atoms with Crippen LogP contribution in [0.4, 0.5) is 13.2 Å². The quantitative estimate of drug-likeness (QED) is 0.626. The van der Waals surface area contributed by atoms with Gasteiger partial charge in [-0.1, -0.05) is 24.6 Å².